The average molecular weight is 394 g/mol. The number of nitrogens with zero attached hydrogens (tertiary/aromatic N) is 5. The van der Waals surface area contributed by atoms with Gasteiger partial charge in [0.05, 0.1) is 11.4 Å². The van der Waals surface area contributed by atoms with Crippen molar-refractivity contribution in [3.8, 4) is 5.69 Å². The first-order chi connectivity index (χ1) is 14.0. The van der Waals surface area contributed by atoms with Crippen LogP contribution in [0.1, 0.15) is 29.4 Å². The van der Waals surface area contributed by atoms with Gasteiger partial charge in [0.15, 0.2) is 5.96 Å². The van der Waals surface area contributed by atoms with E-state index in [-0.39, 0.29) is 6.04 Å². The summed E-state index contributed by atoms with van der Waals surface area (Å²) in [4.78, 5) is 4.36. The maximum absolute atomic E-state index is 4.51. The van der Waals surface area contributed by atoms with Crippen molar-refractivity contribution < 1.29 is 0 Å². The number of hydrogen-bond acceptors (Lipinski definition) is 3. The molecule has 2 aromatic heterocycles. The Labute approximate surface area is 172 Å². The minimum Gasteiger partial charge on any atom is -0.356 e. The Balaban J connectivity index is 1.47. The lowest BCUT2D eigenvalue weighted by Gasteiger charge is -2.18. The lowest BCUT2D eigenvalue weighted by Crippen LogP contribution is -2.43. The minimum absolute atomic E-state index is 0.260. The lowest BCUT2D eigenvalue weighted by atomic mass is 10.1. The van der Waals surface area contributed by atoms with E-state index in [0.717, 1.165) is 36.7 Å². The SMILES string of the molecule is CN=C(NCCc1ccc(-n2cccn2)cc1)NC(C)Cc1c(C)nn(C)c1C. The molecule has 1 atom stereocenters. The summed E-state index contributed by atoms with van der Waals surface area (Å²) in [6.45, 7) is 7.18. The molecule has 0 amide bonds. The first-order valence-corrected chi connectivity index (χ1v) is 10.0. The van der Waals surface area contributed by atoms with Crippen molar-refractivity contribution in [1.29, 1.82) is 0 Å². The van der Waals surface area contributed by atoms with E-state index in [1.807, 2.05) is 35.7 Å². The van der Waals surface area contributed by atoms with Gasteiger partial charge >= 0.3 is 0 Å². The van der Waals surface area contributed by atoms with Gasteiger partial charge in [0.25, 0.3) is 0 Å². The third kappa shape index (κ3) is 5.25. The van der Waals surface area contributed by atoms with Crippen molar-refractivity contribution in [3.05, 3.63) is 65.2 Å². The van der Waals surface area contributed by atoms with Crippen LogP contribution in [0.3, 0.4) is 0 Å². The predicted octanol–water partition coefficient (Wildman–Crippen LogP) is 2.56. The van der Waals surface area contributed by atoms with Crippen molar-refractivity contribution in [3.63, 3.8) is 0 Å². The van der Waals surface area contributed by atoms with Gasteiger partial charge in [-0.2, -0.15) is 10.2 Å². The molecule has 7 heteroatoms. The van der Waals surface area contributed by atoms with E-state index in [4.69, 9.17) is 0 Å². The molecular weight excluding hydrogens is 362 g/mol. The minimum atomic E-state index is 0.260. The number of aromatic nitrogens is 4. The topological polar surface area (TPSA) is 72.1 Å². The molecule has 0 saturated heterocycles. The zero-order chi connectivity index (χ0) is 20.8. The van der Waals surface area contributed by atoms with Gasteiger partial charge < -0.3 is 10.6 Å². The van der Waals surface area contributed by atoms with Crippen LogP contribution < -0.4 is 10.6 Å². The third-order valence-electron chi connectivity index (χ3n) is 5.19. The van der Waals surface area contributed by atoms with Crippen LogP contribution >= 0.6 is 0 Å². The molecule has 3 aromatic rings. The molecule has 0 saturated carbocycles. The lowest BCUT2D eigenvalue weighted by molar-refractivity contribution is 0.635. The molecule has 0 aliphatic carbocycles. The van der Waals surface area contributed by atoms with Gasteiger partial charge in [-0.25, -0.2) is 4.68 Å². The number of aryl methyl sites for hydroxylation is 2. The monoisotopic (exact) mass is 393 g/mol. The van der Waals surface area contributed by atoms with Crippen LogP contribution in [0.25, 0.3) is 5.69 Å². The Morgan fingerprint density at radius 2 is 1.97 bits per heavy atom. The van der Waals surface area contributed by atoms with Crippen LogP contribution in [0, 0.1) is 13.8 Å². The van der Waals surface area contributed by atoms with E-state index in [0.29, 0.717) is 0 Å². The van der Waals surface area contributed by atoms with Crippen LogP contribution in [0.2, 0.25) is 0 Å². The third-order valence-corrected chi connectivity index (χ3v) is 5.19. The van der Waals surface area contributed by atoms with E-state index in [2.05, 4.69) is 70.9 Å². The largest absolute Gasteiger partial charge is 0.356 e. The van der Waals surface area contributed by atoms with Crippen molar-refractivity contribution in [2.24, 2.45) is 12.0 Å². The molecule has 0 spiro atoms. The molecule has 0 radical (unpaired) electrons. The second-order valence-electron chi connectivity index (χ2n) is 7.39. The van der Waals surface area contributed by atoms with Crippen LogP contribution in [-0.4, -0.2) is 45.2 Å². The number of hydrogen-bond donors (Lipinski definition) is 2. The van der Waals surface area contributed by atoms with Crippen molar-refractivity contribution in [1.82, 2.24) is 30.2 Å². The Morgan fingerprint density at radius 3 is 2.55 bits per heavy atom. The molecule has 2 N–H and O–H groups in total. The van der Waals surface area contributed by atoms with Crippen molar-refractivity contribution in [2.45, 2.75) is 39.7 Å². The Bertz CT molecular complexity index is 936. The second-order valence-corrected chi connectivity index (χ2v) is 7.39. The molecule has 154 valence electrons. The summed E-state index contributed by atoms with van der Waals surface area (Å²) >= 11 is 0. The van der Waals surface area contributed by atoms with E-state index in [1.54, 1.807) is 6.20 Å². The molecule has 7 nitrogen and oxygen atoms in total. The smallest absolute Gasteiger partial charge is 0.191 e. The highest BCUT2D eigenvalue weighted by atomic mass is 15.3. The molecule has 1 unspecified atom stereocenters. The van der Waals surface area contributed by atoms with Crippen LogP contribution in [-0.2, 0) is 19.9 Å². The zero-order valence-electron chi connectivity index (χ0n) is 18.0. The van der Waals surface area contributed by atoms with E-state index >= 15 is 0 Å². The van der Waals surface area contributed by atoms with Gasteiger partial charge in [-0.3, -0.25) is 9.67 Å². The number of guanidine groups is 1. The fourth-order valence-electron chi connectivity index (χ4n) is 3.46. The Hall–Kier alpha value is -3.09. The van der Waals surface area contributed by atoms with Gasteiger partial charge in [0, 0.05) is 44.8 Å². The number of rotatable bonds is 7. The van der Waals surface area contributed by atoms with Crippen LogP contribution in [0.5, 0.6) is 0 Å². The second kappa shape index (κ2) is 9.41. The summed E-state index contributed by atoms with van der Waals surface area (Å²) in [5, 5.41) is 15.7. The summed E-state index contributed by atoms with van der Waals surface area (Å²) in [5.74, 6) is 0.824. The predicted molar refractivity (Wildman–Crippen MR) is 118 cm³/mol. The van der Waals surface area contributed by atoms with E-state index < -0.39 is 0 Å². The summed E-state index contributed by atoms with van der Waals surface area (Å²) in [6, 6.07) is 10.7. The summed E-state index contributed by atoms with van der Waals surface area (Å²) in [7, 11) is 3.80. The Kier molecular flexibility index (Phi) is 6.69. The molecule has 0 aliphatic heterocycles. The molecular formula is C22H31N7. The van der Waals surface area contributed by atoms with E-state index in [9.17, 15) is 0 Å². The maximum atomic E-state index is 4.51. The fourth-order valence-corrected chi connectivity index (χ4v) is 3.46. The summed E-state index contributed by atoms with van der Waals surface area (Å²) in [6.07, 6.45) is 5.58. The van der Waals surface area contributed by atoms with Gasteiger partial charge in [-0.1, -0.05) is 12.1 Å². The highest BCUT2D eigenvalue weighted by Crippen LogP contribution is 2.14. The maximum Gasteiger partial charge on any atom is 0.191 e. The van der Waals surface area contributed by atoms with Crippen molar-refractivity contribution in [2.75, 3.05) is 13.6 Å². The first-order valence-electron chi connectivity index (χ1n) is 10.0. The molecule has 2 heterocycles. The molecule has 3 rings (SSSR count). The number of benzene rings is 1. The summed E-state index contributed by atoms with van der Waals surface area (Å²) in [5.41, 5.74) is 5.97. The van der Waals surface area contributed by atoms with Gasteiger partial charge in [-0.15, -0.1) is 0 Å². The van der Waals surface area contributed by atoms with E-state index in [1.165, 1.54) is 16.8 Å². The zero-order valence-corrected chi connectivity index (χ0v) is 18.0. The highest BCUT2D eigenvalue weighted by molar-refractivity contribution is 5.79. The van der Waals surface area contributed by atoms with Gasteiger partial charge in [0.2, 0.25) is 0 Å². The standard InChI is InChI=1S/C22H31N7/c1-16(15-21-17(2)27-28(5)18(21)3)26-22(23-4)24-13-11-19-7-9-20(10-8-19)29-14-6-12-25-29/h6-10,12,14,16H,11,13,15H2,1-5H3,(H2,23,24,26). The molecule has 29 heavy (non-hydrogen) atoms. The molecule has 0 aliphatic rings. The molecule has 0 bridgehead atoms. The molecule has 1 aromatic carbocycles. The number of nitrogens with one attached hydrogen (secondary N) is 2. The average Bonchev–Trinajstić information content (AvgIpc) is 3.33. The first kappa shape index (κ1) is 20.6. The van der Waals surface area contributed by atoms with Crippen molar-refractivity contribution >= 4 is 5.96 Å². The van der Waals surface area contributed by atoms with Crippen LogP contribution in [0.15, 0.2) is 47.7 Å². The van der Waals surface area contributed by atoms with Gasteiger partial charge in [-0.05, 0) is 62.9 Å². The Morgan fingerprint density at radius 1 is 1.21 bits per heavy atom. The molecule has 0 fully saturated rings. The van der Waals surface area contributed by atoms with Crippen LogP contribution in [0.4, 0.5) is 0 Å². The normalized spacial score (nSPS) is 12.8. The quantitative estimate of drug-likeness (QED) is 0.478. The number of aliphatic imine (C=N–C) groups is 1. The van der Waals surface area contributed by atoms with Gasteiger partial charge in [0.1, 0.15) is 0 Å². The fraction of sp³-hybridized carbons (Fsp3) is 0.409. The highest BCUT2D eigenvalue weighted by Gasteiger charge is 2.13. The summed E-state index contributed by atoms with van der Waals surface area (Å²) < 4.78 is 3.81.